The highest BCUT2D eigenvalue weighted by Gasteiger charge is 2.30. The molecule has 0 unspecified atom stereocenters. The third kappa shape index (κ3) is 3.79. The lowest BCUT2D eigenvalue weighted by atomic mass is 10.2. The van der Waals surface area contributed by atoms with Crippen molar-refractivity contribution in [2.45, 2.75) is 6.18 Å². The number of hydrogen-bond acceptors (Lipinski definition) is 2. The fourth-order valence-electron chi connectivity index (χ4n) is 1.38. The summed E-state index contributed by atoms with van der Waals surface area (Å²) in [5.74, 6) is 0.446. The Morgan fingerprint density at radius 2 is 1.68 bits per heavy atom. The van der Waals surface area contributed by atoms with Gasteiger partial charge in [-0.05, 0) is 42.5 Å². The SMILES string of the molecule is FC(F)(F)c1cccc(NOc2ccc(Cl)cc2)c1. The zero-order chi connectivity index (χ0) is 13.9. The van der Waals surface area contributed by atoms with E-state index in [1.165, 1.54) is 12.1 Å². The minimum atomic E-state index is -4.38. The van der Waals surface area contributed by atoms with E-state index >= 15 is 0 Å². The summed E-state index contributed by atoms with van der Waals surface area (Å²) in [6, 6.07) is 11.2. The van der Waals surface area contributed by atoms with Gasteiger partial charge in [-0.1, -0.05) is 17.7 Å². The first kappa shape index (κ1) is 13.5. The van der Waals surface area contributed by atoms with Gasteiger partial charge in [-0.15, -0.1) is 0 Å². The van der Waals surface area contributed by atoms with Gasteiger partial charge in [-0.2, -0.15) is 13.2 Å². The van der Waals surface area contributed by atoms with E-state index in [1.54, 1.807) is 24.3 Å². The lowest BCUT2D eigenvalue weighted by Crippen LogP contribution is -2.08. The van der Waals surface area contributed by atoms with Crippen LogP contribution in [-0.2, 0) is 6.18 Å². The van der Waals surface area contributed by atoms with Gasteiger partial charge in [0.15, 0.2) is 5.75 Å². The second-order valence-corrected chi connectivity index (χ2v) is 4.17. The van der Waals surface area contributed by atoms with Crippen molar-refractivity contribution in [1.29, 1.82) is 0 Å². The van der Waals surface area contributed by atoms with Gasteiger partial charge in [-0.3, -0.25) is 0 Å². The van der Waals surface area contributed by atoms with Crippen molar-refractivity contribution in [3.63, 3.8) is 0 Å². The molecule has 0 aliphatic rings. The topological polar surface area (TPSA) is 21.3 Å². The predicted molar refractivity (Wildman–Crippen MR) is 67.1 cm³/mol. The Morgan fingerprint density at radius 1 is 1.00 bits per heavy atom. The molecule has 0 aliphatic carbocycles. The number of halogens is 4. The van der Waals surface area contributed by atoms with E-state index in [1.807, 2.05) is 0 Å². The molecule has 0 spiro atoms. The van der Waals surface area contributed by atoms with Crippen molar-refractivity contribution in [1.82, 2.24) is 0 Å². The predicted octanol–water partition coefficient (Wildman–Crippen LogP) is 4.76. The van der Waals surface area contributed by atoms with Gasteiger partial charge in [0.2, 0.25) is 0 Å². The Labute approximate surface area is 112 Å². The van der Waals surface area contributed by atoms with E-state index in [4.69, 9.17) is 16.4 Å². The Kier molecular flexibility index (Phi) is 3.85. The maximum absolute atomic E-state index is 12.5. The molecule has 6 heteroatoms. The highest BCUT2D eigenvalue weighted by molar-refractivity contribution is 6.30. The molecule has 0 heterocycles. The molecule has 2 aromatic carbocycles. The molecule has 0 radical (unpaired) electrons. The third-order valence-electron chi connectivity index (χ3n) is 2.29. The van der Waals surface area contributed by atoms with Gasteiger partial charge < -0.3 is 4.84 Å². The fraction of sp³-hybridized carbons (Fsp3) is 0.0769. The van der Waals surface area contributed by atoms with Crippen molar-refractivity contribution in [2.75, 3.05) is 5.48 Å². The molecule has 0 fully saturated rings. The largest absolute Gasteiger partial charge is 0.416 e. The first-order valence-corrected chi connectivity index (χ1v) is 5.68. The number of benzene rings is 2. The summed E-state index contributed by atoms with van der Waals surface area (Å²) >= 11 is 5.70. The molecular formula is C13H9ClF3NO. The molecule has 0 bridgehead atoms. The quantitative estimate of drug-likeness (QED) is 0.822. The average Bonchev–Trinajstić information content (AvgIpc) is 2.37. The average molecular weight is 288 g/mol. The zero-order valence-electron chi connectivity index (χ0n) is 9.54. The van der Waals surface area contributed by atoms with Gasteiger partial charge in [0.1, 0.15) is 0 Å². The Hall–Kier alpha value is -1.88. The summed E-state index contributed by atoms with van der Waals surface area (Å²) in [5.41, 5.74) is 1.92. The van der Waals surface area contributed by atoms with E-state index in [-0.39, 0.29) is 5.69 Å². The van der Waals surface area contributed by atoms with Crippen LogP contribution in [0.5, 0.6) is 5.75 Å². The number of rotatable bonds is 3. The number of nitrogens with one attached hydrogen (secondary N) is 1. The molecule has 0 aliphatic heterocycles. The van der Waals surface area contributed by atoms with Gasteiger partial charge >= 0.3 is 6.18 Å². The molecule has 2 aromatic rings. The Morgan fingerprint density at radius 3 is 2.32 bits per heavy atom. The molecule has 2 rings (SSSR count). The van der Waals surface area contributed by atoms with Crippen molar-refractivity contribution >= 4 is 17.3 Å². The van der Waals surface area contributed by atoms with Crippen molar-refractivity contribution in [3.8, 4) is 5.75 Å². The van der Waals surface area contributed by atoms with Crippen LogP contribution in [0.15, 0.2) is 48.5 Å². The zero-order valence-corrected chi connectivity index (χ0v) is 10.3. The third-order valence-corrected chi connectivity index (χ3v) is 2.54. The molecule has 19 heavy (non-hydrogen) atoms. The molecule has 0 saturated heterocycles. The van der Waals surface area contributed by atoms with Crippen LogP contribution in [0.4, 0.5) is 18.9 Å². The minimum Gasteiger partial charge on any atom is -0.382 e. The molecule has 0 aromatic heterocycles. The van der Waals surface area contributed by atoms with Crippen LogP contribution in [0, 0.1) is 0 Å². The van der Waals surface area contributed by atoms with Crippen LogP contribution in [0.2, 0.25) is 5.02 Å². The summed E-state index contributed by atoms with van der Waals surface area (Å²) in [6.07, 6.45) is -4.38. The maximum Gasteiger partial charge on any atom is 0.416 e. The summed E-state index contributed by atoms with van der Waals surface area (Å²) in [4.78, 5) is 5.14. The fourth-order valence-corrected chi connectivity index (χ4v) is 1.51. The first-order valence-electron chi connectivity index (χ1n) is 5.31. The Bertz CT molecular complexity index is 555. The standard InChI is InChI=1S/C13H9ClF3NO/c14-10-4-6-12(7-5-10)19-18-11-3-1-2-9(8-11)13(15,16)17/h1-8,18H. The molecular weight excluding hydrogens is 279 g/mol. The lowest BCUT2D eigenvalue weighted by Gasteiger charge is -2.11. The first-order chi connectivity index (χ1) is 8.95. The number of hydrogen-bond donors (Lipinski definition) is 1. The van der Waals surface area contributed by atoms with Gasteiger partial charge in [0.25, 0.3) is 0 Å². The van der Waals surface area contributed by atoms with Crippen LogP contribution in [0.25, 0.3) is 0 Å². The normalized spacial score (nSPS) is 11.2. The second-order valence-electron chi connectivity index (χ2n) is 3.74. The van der Waals surface area contributed by atoms with Crippen LogP contribution < -0.4 is 10.3 Å². The van der Waals surface area contributed by atoms with Crippen molar-refractivity contribution in [3.05, 3.63) is 59.1 Å². The minimum absolute atomic E-state index is 0.213. The Balaban J connectivity index is 2.05. The summed E-state index contributed by atoms with van der Waals surface area (Å²) in [6.45, 7) is 0. The lowest BCUT2D eigenvalue weighted by molar-refractivity contribution is -0.137. The monoisotopic (exact) mass is 287 g/mol. The summed E-state index contributed by atoms with van der Waals surface area (Å²) in [7, 11) is 0. The van der Waals surface area contributed by atoms with Gasteiger partial charge in [-0.25, -0.2) is 5.48 Å². The van der Waals surface area contributed by atoms with Crippen LogP contribution in [0.1, 0.15) is 5.56 Å². The van der Waals surface area contributed by atoms with Crippen LogP contribution >= 0.6 is 11.6 Å². The van der Waals surface area contributed by atoms with Gasteiger partial charge in [0.05, 0.1) is 11.3 Å². The van der Waals surface area contributed by atoms with E-state index in [0.717, 1.165) is 12.1 Å². The van der Waals surface area contributed by atoms with Gasteiger partial charge in [0, 0.05) is 5.02 Å². The van der Waals surface area contributed by atoms with Crippen molar-refractivity contribution in [2.24, 2.45) is 0 Å². The van der Waals surface area contributed by atoms with E-state index in [2.05, 4.69) is 5.48 Å². The highest BCUT2D eigenvalue weighted by Crippen LogP contribution is 2.30. The molecule has 0 atom stereocenters. The van der Waals surface area contributed by atoms with E-state index in [0.29, 0.717) is 10.8 Å². The number of alkyl halides is 3. The van der Waals surface area contributed by atoms with Crippen molar-refractivity contribution < 1.29 is 18.0 Å². The molecule has 2 nitrogen and oxygen atoms in total. The van der Waals surface area contributed by atoms with Crippen LogP contribution in [0.3, 0.4) is 0 Å². The molecule has 1 N–H and O–H groups in total. The second kappa shape index (κ2) is 5.40. The van der Waals surface area contributed by atoms with E-state index < -0.39 is 11.7 Å². The smallest absolute Gasteiger partial charge is 0.382 e. The summed E-state index contributed by atoms with van der Waals surface area (Å²) < 4.78 is 37.5. The number of anilines is 1. The molecule has 0 saturated carbocycles. The molecule has 100 valence electrons. The highest BCUT2D eigenvalue weighted by atomic mass is 35.5. The molecule has 0 amide bonds. The van der Waals surface area contributed by atoms with Crippen LogP contribution in [-0.4, -0.2) is 0 Å². The maximum atomic E-state index is 12.5. The summed E-state index contributed by atoms with van der Waals surface area (Å²) in [5, 5.41) is 0.548. The van der Waals surface area contributed by atoms with E-state index in [9.17, 15) is 13.2 Å².